The topological polar surface area (TPSA) is 54.5 Å². The zero-order valence-electron chi connectivity index (χ0n) is 10.4. The second-order valence-electron chi connectivity index (χ2n) is 4.40. The summed E-state index contributed by atoms with van der Waals surface area (Å²) in [5.41, 5.74) is 3.89. The van der Waals surface area contributed by atoms with Gasteiger partial charge < -0.3 is 0 Å². The Balaban J connectivity index is 1.82. The maximum Gasteiger partial charge on any atom is 0.145 e. The van der Waals surface area contributed by atoms with E-state index in [9.17, 15) is 0 Å². The molecule has 1 N–H and O–H groups in total. The zero-order chi connectivity index (χ0) is 13.4. The Bertz CT molecular complexity index is 864. The smallest absolute Gasteiger partial charge is 0.145 e. The summed E-state index contributed by atoms with van der Waals surface area (Å²) in [6, 6.07) is 12.0. The van der Waals surface area contributed by atoms with Gasteiger partial charge in [-0.1, -0.05) is 18.2 Å². The van der Waals surface area contributed by atoms with Crippen LogP contribution in [0.25, 0.3) is 32.9 Å². The highest BCUT2D eigenvalue weighted by Gasteiger charge is 2.12. The molecule has 0 bridgehead atoms. The standard InChI is InChI=1S/C15H10N4S/c1-2-6-12-11(5-1)14(19-18-12)15-17-13(9-20-15)10-4-3-7-16-8-10/h1-9H,(H,18,19). The lowest BCUT2D eigenvalue weighted by atomic mass is 10.2. The van der Waals surface area contributed by atoms with Crippen molar-refractivity contribution in [1.82, 2.24) is 20.2 Å². The number of thiazole rings is 1. The zero-order valence-corrected chi connectivity index (χ0v) is 11.3. The van der Waals surface area contributed by atoms with Crippen LogP contribution in [-0.2, 0) is 0 Å². The molecule has 0 aliphatic rings. The Hall–Kier alpha value is -2.53. The first-order chi connectivity index (χ1) is 9.92. The molecule has 0 unspecified atom stereocenters. The maximum atomic E-state index is 4.67. The Morgan fingerprint density at radius 2 is 2.00 bits per heavy atom. The third-order valence-electron chi connectivity index (χ3n) is 3.13. The molecule has 4 aromatic rings. The average Bonchev–Trinajstić information content (AvgIpc) is 3.14. The van der Waals surface area contributed by atoms with Crippen molar-refractivity contribution < 1.29 is 0 Å². The third kappa shape index (κ3) is 1.80. The molecule has 1 aromatic carbocycles. The molecule has 0 saturated heterocycles. The van der Waals surface area contributed by atoms with Crippen LogP contribution in [-0.4, -0.2) is 20.2 Å². The molecule has 0 radical (unpaired) electrons. The number of nitrogens with one attached hydrogen (secondary N) is 1. The van der Waals surface area contributed by atoms with E-state index < -0.39 is 0 Å². The minimum Gasteiger partial charge on any atom is -0.277 e. The van der Waals surface area contributed by atoms with Crippen LogP contribution in [0.3, 0.4) is 0 Å². The minimum atomic E-state index is 0.903. The number of rotatable bonds is 2. The van der Waals surface area contributed by atoms with Crippen LogP contribution in [0.1, 0.15) is 0 Å². The number of benzene rings is 1. The van der Waals surface area contributed by atoms with Crippen LogP contribution in [0, 0.1) is 0 Å². The van der Waals surface area contributed by atoms with Gasteiger partial charge in [-0.15, -0.1) is 11.3 Å². The van der Waals surface area contributed by atoms with Crippen molar-refractivity contribution in [2.75, 3.05) is 0 Å². The highest BCUT2D eigenvalue weighted by molar-refractivity contribution is 7.13. The molecule has 20 heavy (non-hydrogen) atoms. The molecule has 0 amide bonds. The normalized spacial score (nSPS) is 11.0. The molecule has 3 aromatic heterocycles. The Morgan fingerprint density at radius 3 is 2.90 bits per heavy atom. The lowest BCUT2D eigenvalue weighted by molar-refractivity contribution is 1.12. The molecule has 4 rings (SSSR count). The van der Waals surface area contributed by atoms with Crippen LogP contribution in [0.4, 0.5) is 0 Å². The Morgan fingerprint density at radius 1 is 1.05 bits per heavy atom. The molecular formula is C15H10N4S. The second-order valence-corrected chi connectivity index (χ2v) is 5.26. The van der Waals surface area contributed by atoms with Crippen LogP contribution in [0.15, 0.2) is 54.2 Å². The van der Waals surface area contributed by atoms with Crippen LogP contribution >= 0.6 is 11.3 Å². The van der Waals surface area contributed by atoms with Crippen molar-refractivity contribution in [3.8, 4) is 22.0 Å². The lowest BCUT2D eigenvalue weighted by Gasteiger charge is -1.94. The number of nitrogens with zero attached hydrogens (tertiary/aromatic N) is 3. The molecule has 0 spiro atoms. The van der Waals surface area contributed by atoms with E-state index in [1.54, 1.807) is 17.5 Å². The van der Waals surface area contributed by atoms with Crippen molar-refractivity contribution in [2.45, 2.75) is 0 Å². The number of para-hydroxylation sites is 1. The van der Waals surface area contributed by atoms with Gasteiger partial charge in [0, 0.05) is 28.7 Å². The van der Waals surface area contributed by atoms with Crippen molar-refractivity contribution >= 4 is 22.2 Å². The highest BCUT2D eigenvalue weighted by atomic mass is 32.1. The van der Waals surface area contributed by atoms with Gasteiger partial charge in [-0.3, -0.25) is 10.1 Å². The van der Waals surface area contributed by atoms with Crippen LogP contribution in [0.5, 0.6) is 0 Å². The monoisotopic (exact) mass is 278 g/mol. The number of hydrogen-bond acceptors (Lipinski definition) is 4. The van der Waals surface area contributed by atoms with Crippen molar-refractivity contribution in [3.63, 3.8) is 0 Å². The van der Waals surface area contributed by atoms with Crippen molar-refractivity contribution in [2.24, 2.45) is 0 Å². The van der Waals surface area contributed by atoms with Gasteiger partial charge in [0.15, 0.2) is 0 Å². The van der Waals surface area contributed by atoms with Gasteiger partial charge in [0.25, 0.3) is 0 Å². The van der Waals surface area contributed by atoms with E-state index in [0.717, 1.165) is 32.9 Å². The van der Waals surface area contributed by atoms with Gasteiger partial charge in [-0.05, 0) is 18.2 Å². The van der Waals surface area contributed by atoms with Gasteiger partial charge in [0.1, 0.15) is 10.7 Å². The molecule has 3 heterocycles. The van der Waals surface area contributed by atoms with Gasteiger partial charge in [0.05, 0.1) is 11.2 Å². The second kappa shape index (κ2) is 4.54. The van der Waals surface area contributed by atoms with Gasteiger partial charge in [-0.2, -0.15) is 5.10 Å². The first-order valence-electron chi connectivity index (χ1n) is 6.21. The largest absolute Gasteiger partial charge is 0.277 e. The fourth-order valence-corrected chi connectivity index (χ4v) is 2.99. The summed E-state index contributed by atoms with van der Waals surface area (Å²) >= 11 is 1.60. The van der Waals surface area contributed by atoms with Crippen molar-refractivity contribution in [1.29, 1.82) is 0 Å². The Kier molecular flexibility index (Phi) is 2.57. The van der Waals surface area contributed by atoms with E-state index >= 15 is 0 Å². The fourth-order valence-electron chi connectivity index (χ4n) is 2.16. The molecule has 0 atom stereocenters. The molecular weight excluding hydrogens is 268 g/mol. The molecule has 0 fully saturated rings. The molecule has 5 heteroatoms. The van der Waals surface area contributed by atoms with Gasteiger partial charge >= 0.3 is 0 Å². The predicted molar refractivity (Wildman–Crippen MR) is 80.4 cm³/mol. The molecule has 96 valence electrons. The number of hydrogen-bond donors (Lipinski definition) is 1. The summed E-state index contributed by atoms with van der Waals surface area (Å²) in [5, 5.41) is 11.5. The SMILES string of the molecule is c1cncc(-c2csc(-c3n[nH]c4ccccc34)n2)c1. The van der Waals surface area contributed by atoms with E-state index in [2.05, 4.69) is 26.2 Å². The summed E-state index contributed by atoms with van der Waals surface area (Å²) < 4.78 is 0. The summed E-state index contributed by atoms with van der Waals surface area (Å²) in [6.07, 6.45) is 3.58. The fraction of sp³-hybridized carbons (Fsp3) is 0. The van der Waals surface area contributed by atoms with Crippen LogP contribution < -0.4 is 0 Å². The molecule has 0 saturated carbocycles. The number of pyridine rings is 1. The van der Waals surface area contributed by atoms with Gasteiger partial charge in [0.2, 0.25) is 0 Å². The van der Waals surface area contributed by atoms with E-state index in [-0.39, 0.29) is 0 Å². The first kappa shape index (κ1) is 11.3. The average molecular weight is 278 g/mol. The highest BCUT2D eigenvalue weighted by Crippen LogP contribution is 2.31. The first-order valence-corrected chi connectivity index (χ1v) is 7.09. The molecule has 0 aliphatic heterocycles. The van der Waals surface area contributed by atoms with E-state index in [1.807, 2.05) is 41.9 Å². The lowest BCUT2D eigenvalue weighted by Crippen LogP contribution is -1.81. The molecule has 0 aliphatic carbocycles. The number of aromatic amines is 1. The number of H-pyrrole nitrogens is 1. The predicted octanol–water partition coefficient (Wildman–Crippen LogP) is 3.75. The molecule has 4 nitrogen and oxygen atoms in total. The summed E-state index contributed by atoms with van der Waals surface area (Å²) in [6.45, 7) is 0. The third-order valence-corrected chi connectivity index (χ3v) is 3.98. The Labute approximate surface area is 119 Å². The number of fused-ring (bicyclic) bond motifs is 1. The van der Waals surface area contributed by atoms with E-state index in [4.69, 9.17) is 0 Å². The van der Waals surface area contributed by atoms with E-state index in [1.165, 1.54) is 0 Å². The van der Waals surface area contributed by atoms with E-state index in [0.29, 0.717) is 0 Å². The number of aromatic nitrogens is 4. The summed E-state index contributed by atoms with van der Waals surface area (Å²) in [5.74, 6) is 0. The van der Waals surface area contributed by atoms with Crippen molar-refractivity contribution in [3.05, 3.63) is 54.2 Å². The quantitative estimate of drug-likeness (QED) is 0.607. The summed E-state index contributed by atoms with van der Waals surface area (Å²) in [4.78, 5) is 8.79. The van der Waals surface area contributed by atoms with Gasteiger partial charge in [-0.25, -0.2) is 4.98 Å². The summed E-state index contributed by atoms with van der Waals surface area (Å²) in [7, 11) is 0. The van der Waals surface area contributed by atoms with Crippen LogP contribution in [0.2, 0.25) is 0 Å². The maximum absolute atomic E-state index is 4.67. The minimum absolute atomic E-state index is 0.903.